The molecule has 0 fully saturated rings. The predicted octanol–water partition coefficient (Wildman–Crippen LogP) is 3.07. The third-order valence-electron chi connectivity index (χ3n) is 5.68. The number of hydrogen-bond acceptors (Lipinski definition) is 5. The van der Waals surface area contributed by atoms with Crippen molar-refractivity contribution in [3.8, 4) is 0 Å². The van der Waals surface area contributed by atoms with E-state index in [0.717, 1.165) is 14.8 Å². The maximum absolute atomic E-state index is 14.7. The van der Waals surface area contributed by atoms with E-state index < -0.39 is 5.82 Å². The Labute approximate surface area is 195 Å². The third kappa shape index (κ3) is 3.57. The Bertz CT molecular complexity index is 1420. The summed E-state index contributed by atoms with van der Waals surface area (Å²) in [6, 6.07) is 11.7. The third-order valence-corrected chi connectivity index (χ3v) is 6.41. The van der Waals surface area contributed by atoms with Crippen molar-refractivity contribution in [3.63, 3.8) is 0 Å². The van der Waals surface area contributed by atoms with Crippen LogP contribution in [0.1, 0.15) is 40.4 Å². The minimum atomic E-state index is -0.577. The molecule has 1 unspecified atom stereocenters. The van der Waals surface area contributed by atoms with Gasteiger partial charge >= 0.3 is 0 Å². The summed E-state index contributed by atoms with van der Waals surface area (Å²) in [7, 11) is 0. The zero-order valence-electron chi connectivity index (χ0n) is 17.0. The molecule has 5 rings (SSSR count). The van der Waals surface area contributed by atoms with Gasteiger partial charge in [0.25, 0.3) is 11.5 Å². The molecule has 0 saturated heterocycles. The van der Waals surface area contributed by atoms with Crippen LogP contribution in [0.3, 0.4) is 0 Å². The Morgan fingerprint density at radius 3 is 2.81 bits per heavy atom. The highest BCUT2D eigenvalue weighted by atomic mass is 127. The first-order valence-electron chi connectivity index (χ1n) is 10.1. The molecular weight excluding hydrogens is 526 g/mol. The highest BCUT2D eigenvalue weighted by Crippen LogP contribution is 2.25. The number of H-pyrrole nitrogens is 1. The van der Waals surface area contributed by atoms with E-state index in [-0.39, 0.29) is 29.6 Å². The molecule has 0 aliphatic carbocycles. The molecule has 2 aromatic heterocycles. The van der Waals surface area contributed by atoms with Crippen molar-refractivity contribution in [3.05, 3.63) is 85.1 Å². The lowest BCUT2D eigenvalue weighted by atomic mass is 10.0. The smallest absolute Gasteiger partial charge is 0.272 e. The van der Waals surface area contributed by atoms with Crippen molar-refractivity contribution >= 4 is 39.3 Å². The zero-order valence-corrected chi connectivity index (χ0v) is 19.2. The maximum atomic E-state index is 14.7. The fraction of sp³-hybridized carbons (Fsp3) is 0.227. The number of nitrogens with one attached hydrogen (secondary N) is 1. The van der Waals surface area contributed by atoms with Gasteiger partial charge in [-0.1, -0.05) is 24.3 Å². The molecule has 2 aromatic carbocycles. The largest absolute Gasteiger partial charge is 0.329 e. The quantitative estimate of drug-likeness (QED) is 0.400. The number of aromatic nitrogens is 5. The SMILES string of the molecule is CC1CN(C(=O)c2cc(Cc3n[nH]c(=O)c4ccccc34)ccc2F)Cc2nnc(I)n21. The van der Waals surface area contributed by atoms with Crippen LogP contribution in [0.25, 0.3) is 10.8 Å². The second-order valence-electron chi connectivity index (χ2n) is 7.83. The van der Waals surface area contributed by atoms with Crippen LogP contribution < -0.4 is 5.56 Å². The van der Waals surface area contributed by atoms with E-state index in [2.05, 4.69) is 43.0 Å². The molecular formula is C22H18FIN6O2. The van der Waals surface area contributed by atoms with E-state index in [1.807, 2.05) is 23.6 Å². The topological polar surface area (TPSA) is 96.8 Å². The van der Waals surface area contributed by atoms with Gasteiger partial charge in [-0.25, -0.2) is 9.49 Å². The van der Waals surface area contributed by atoms with E-state index in [1.54, 1.807) is 29.2 Å². The summed E-state index contributed by atoms with van der Waals surface area (Å²) in [4.78, 5) is 26.8. The van der Waals surface area contributed by atoms with Gasteiger partial charge in [-0.15, -0.1) is 10.2 Å². The molecule has 0 bridgehead atoms. The lowest BCUT2D eigenvalue weighted by Crippen LogP contribution is -2.41. The molecule has 1 N–H and O–H groups in total. The normalized spacial score (nSPS) is 15.7. The van der Waals surface area contributed by atoms with E-state index in [9.17, 15) is 14.0 Å². The molecule has 1 aliphatic rings. The number of aromatic amines is 1. The van der Waals surface area contributed by atoms with Crippen molar-refractivity contribution in [2.45, 2.75) is 25.9 Å². The highest BCUT2D eigenvalue weighted by molar-refractivity contribution is 14.1. The van der Waals surface area contributed by atoms with Crippen LogP contribution in [0.5, 0.6) is 0 Å². The Kier molecular flexibility index (Phi) is 5.24. The van der Waals surface area contributed by atoms with Gasteiger partial charge in [0.05, 0.1) is 29.2 Å². The maximum Gasteiger partial charge on any atom is 0.272 e. The van der Waals surface area contributed by atoms with E-state index >= 15 is 0 Å². The van der Waals surface area contributed by atoms with Gasteiger partial charge in [0.2, 0.25) is 0 Å². The lowest BCUT2D eigenvalue weighted by Gasteiger charge is -2.32. The summed E-state index contributed by atoms with van der Waals surface area (Å²) >= 11 is 2.12. The molecule has 0 radical (unpaired) electrons. The molecule has 1 amide bonds. The fourth-order valence-electron chi connectivity index (χ4n) is 4.15. The minimum absolute atomic E-state index is 0.00564. The van der Waals surface area contributed by atoms with Gasteiger partial charge in [0.1, 0.15) is 5.82 Å². The molecule has 8 nitrogen and oxygen atoms in total. The number of halogens is 2. The standard InChI is InChI=1S/C22H18FIN6O2/c1-12-10-29(11-19-26-28-22(24)30(12)19)21(32)16-8-13(6-7-17(16)23)9-18-14-4-2-3-5-15(14)20(31)27-25-18/h2-8,12H,9-11H2,1H3,(H,27,31). The summed E-state index contributed by atoms with van der Waals surface area (Å²) in [5.74, 6) is -0.283. The van der Waals surface area contributed by atoms with Crippen LogP contribution in [0.2, 0.25) is 0 Å². The Hall–Kier alpha value is -3.15. The first kappa shape index (κ1) is 20.7. The van der Waals surface area contributed by atoms with E-state index in [4.69, 9.17) is 0 Å². The van der Waals surface area contributed by atoms with Crippen LogP contribution in [0.15, 0.2) is 47.3 Å². The molecule has 0 saturated carbocycles. The lowest BCUT2D eigenvalue weighted by molar-refractivity contribution is 0.0675. The van der Waals surface area contributed by atoms with Gasteiger partial charge < -0.3 is 9.47 Å². The number of nitrogens with zero attached hydrogens (tertiary/aromatic N) is 5. The van der Waals surface area contributed by atoms with Crippen molar-refractivity contribution < 1.29 is 9.18 Å². The van der Waals surface area contributed by atoms with Crippen molar-refractivity contribution in [2.24, 2.45) is 0 Å². The van der Waals surface area contributed by atoms with Crippen molar-refractivity contribution in [1.82, 2.24) is 29.9 Å². The van der Waals surface area contributed by atoms with Crippen LogP contribution in [-0.2, 0) is 13.0 Å². The second-order valence-corrected chi connectivity index (χ2v) is 8.79. The number of carbonyl (C=O) groups is 1. The van der Waals surface area contributed by atoms with Gasteiger partial charge in [0.15, 0.2) is 9.66 Å². The van der Waals surface area contributed by atoms with Gasteiger partial charge in [-0.3, -0.25) is 9.59 Å². The fourth-order valence-corrected chi connectivity index (χ4v) is 5.01. The number of fused-ring (bicyclic) bond motifs is 2. The average molecular weight is 544 g/mol. The first-order valence-corrected chi connectivity index (χ1v) is 11.1. The van der Waals surface area contributed by atoms with Crippen LogP contribution in [0, 0.1) is 9.65 Å². The Balaban J connectivity index is 1.46. The monoisotopic (exact) mass is 544 g/mol. The minimum Gasteiger partial charge on any atom is -0.329 e. The second kappa shape index (κ2) is 8.08. The van der Waals surface area contributed by atoms with E-state index in [1.165, 1.54) is 6.07 Å². The number of amides is 1. The highest BCUT2D eigenvalue weighted by Gasteiger charge is 2.30. The summed E-state index contributed by atoms with van der Waals surface area (Å²) in [6.07, 6.45) is 0.348. The summed E-state index contributed by atoms with van der Waals surface area (Å²) in [6.45, 7) is 2.69. The molecule has 0 spiro atoms. The number of benzene rings is 2. The number of hydrogen-bond donors (Lipinski definition) is 1. The average Bonchev–Trinajstić information content (AvgIpc) is 3.18. The van der Waals surface area contributed by atoms with Gasteiger partial charge in [-0.05, 0) is 30.7 Å². The van der Waals surface area contributed by atoms with E-state index in [0.29, 0.717) is 29.9 Å². The zero-order chi connectivity index (χ0) is 22.4. The summed E-state index contributed by atoms with van der Waals surface area (Å²) < 4.78 is 17.4. The number of carbonyl (C=O) groups excluding carboxylic acids is 1. The van der Waals surface area contributed by atoms with Crippen LogP contribution in [0.4, 0.5) is 4.39 Å². The van der Waals surface area contributed by atoms with Crippen LogP contribution in [-0.4, -0.2) is 42.3 Å². The Morgan fingerprint density at radius 2 is 2.00 bits per heavy atom. The first-order chi connectivity index (χ1) is 15.4. The molecule has 32 heavy (non-hydrogen) atoms. The van der Waals surface area contributed by atoms with Gasteiger partial charge in [0, 0.05) is 40.9 Å². The Morgan fingerprint density at radius 1 is 1.22 bits per heavy atom. The summed E-state index contributed by atoms with van der Waals surface area (Å²) in [5, 5.41) is 16.2. The molecule has 3 heterocycles. The molecule has 1 atom stereocenters. The predicted molar refractivity (Wildman–Crippen MR) is 124 cm³/mol. The molecule has 10 heteroatoms. The molecule has 4 aromatic rings. The summed E-state index contributed by atoms with van der Waals surface area (Å²) in [5.41, 5.74) is 1.12. The number of rotatable bonds is 3. The van der Waals surface area contributed by atoms with Crippen LogP contribution >= 0.6 is 22.6 Å². The van der Waals surface area contributed by atoms with Crippen molar-refractivity contribution in [1.29, 1.82) is 0 Å². The van der Waals surface area contributed by atoms with Crippen molar-refractivity contribution in [2.75, 3.05) is 6.54 Å². The van der Waals surface area contributed by atoms with Gasteiger partial charge in [-0.2, -0.15) is 5.10 Å². The molecule has 1 aliphatic heterocycles. The molecule has 162 valence electrons.